The Kier molecular flexibility index (Phi) is 6.37. The molecule has 0 aromatic heterocycles. The van der Waals surface area contributed by atoms with Crippen LogP contribution in [0.3, 0.4) is 0 Å². The Morgan fingerprint density at radius 2 is 1.88 bits per heavy atom. The molecule has 2 atom stereocenters. The van der Waals surface area contributed by atoms with E-state index >= 15 is 0 Å². The quantitative estimate of drug-likeness (QED) is 0.682. The summed E-state index contributed by atoms with van der Waals surface area (Å²) in [5.41, 5.74) is 0.971. The Morgan fingerprint density at radius 3 is 2.52 bits per heavy atom. The number of phenolic OH excluding ortho intramolecular Hbond substituents is 1. The number of carbonyl (C=O) groups is 2. The highest BCUT2D eigenvalue weighted by atomic mass is 16.5. The van der Waals surface area contributed by atoms with Crippen LogP contribution in [0, 0.1) is 0 Å². The van der Waals surface area contributed by atoms with Crippen LogP contribution in [0.25, 0.3) is 0 Å². The van der Waals surface area contributed by atoms with Crippen LogP contribution in [0.2, 0.25) is 0 Å². The third kappa shape index (κ3) is 4.94. The van der Waals surface area contributed by atoms with Crippen molar-refractivity contribution in [2.24, 2.45) is 0 Å². The molecule has 1 fully saturated rings. The lowest BCUT2D eigenvalue weighted by Crippen LogP contribution is -2.44. The Morgan fingerprint density at radius 1 is 1.20 bits per heavy atom. The lowest BCUT2D eigenvalue weighted by molar-refractivity contribution is -0.134. The minimum atomic E-state index is -1.26. The summed E-state index contributed by atoms with van der Waals surface area (Å²) in [6, 6.07) is 5.83. The number of carboxylic acids is 2. The molecule has 0 amide bonds. The molecule has 2 aliphatic heterocycles. The van der Waals surface area contributed by atoms with Crippen LogP contribution in [-0.4, -0.2) is 65.0 Å². The highest BCUT2D eigenvalue weighted by molar-refractivity contribution is 5.89. The number of para-hydroxylation sites is 1. The van der Waals surface area contributed by atoms with Gasteiger partial charge in [-0.25, -0.2) is 9.59 Å². The van der Waals surface area contributed by atoms with Gasteiger partial charge in [0, 0.05) is 30.3 Å². The molecule has 8 heteroatoms. The topological polar surface area (TPSA) is 117 Å². The Labute approximate surface area is 144 Å². The van der Waals surface area contributed by atoms with Gasteiger partial charge in [-0.15, -0.1) is 0 Å². The van der Waals surface area contributed by atoms with Gasteiger partial charge in [0.2, 0.25) is 0 Å². The molecule has 0 radical (unpaired) electrons. The number of aromatic hydroxyl groups is 1. The number of aliphatic carboxylic acids is 2. The molecule has 1 saturated heterocycles. The van der Waals surface area contributed by atoms with Gasteiger partial charge in [-0.2, -0.15) is 0 Å². The van der Waals surface area contributed by atoms with E-state index in [4.69, 9.17) is 19.7 Å². The molecule has 0 saturated carbocycles. The summed E-state index contributed by atoms with van der Waals surface area (Å²) in [4.78, 5) is 21.4. The van der Waals surface area contributed by atoms with E-state index in [-0.39, 0.29) is 11.9 Å². The fourth-order valence-corrected chi connectivity index (χ4v) is 2.85. The number of fused-ring (bicyclic) bond motifs is 3. The van der Waals surface area contributed by atoms with Crippen LogP contribution in [0.15, 0.2) is 30.4 Å². The van der Waals surface area contributed by atoms with Crippen molar-refractivity contribution in [3.63, 3.8) is 0 Å². The minimum Gasteiger partial charge on any atom is -0.504 e. The van der Waals surface area contributed by atoms with E-state index in [0.29, 0.717) is 30.6 Å². The molecule has 25 heavy (non-hydrogen) atoms. The maximum Gasteiger partial charge on any atom is 0.328 e. The van der Waals surface area contributed by atoms with Crippen molar-refractivity contribution in [2.75, 3.05) is 26.8 Å². The monoisotopic (exact) mass is 351 g/mol. The summed E-state index contributed by atoms with van der Waals surface area (Å²) < 4.78 is 11.5. The molecule has 0 spiro atoms. The summed E-state index contributed by atoms with van der Waals surface area (Å²) in [5.74, 6) is -1.71. The van der Waals surface area contributed by atoms with Gasteiger partial charge >= 0.3 is 11.9 Å². The predicted molar refractivity (Wildman–Crippen MR) is 87.7 cm³/mol. The highest BCUT2D eigenvalue weighted by Crippen LogP contribution is 2.41. The zero-order valence-electron chi connectivity index (χ0n) is 13.8. The SMILES string of the molecule is CN1CCO[C@@H]2c3cccc(O)c3OCC[C@H]21.O=C(O)/C=C\C(=O)O. The van der Waals surface area contributed by atoms with Crippen LogP contribution >= 0.6 is 0 Å². The number of hydrogen-bond donors (Lipinski definition) is 3. The second-order valence-corrected chi connectivity index (χ2v) is 5.68. The second kappa shape index (κ2) is 8.50. The Balaban J connectivity index is 0.000000242. The van der Waals surface area contributed by atoms with E-state index in [1.807, 2.05) is 12.1 Å². The lowest BCUT2D eigenvalue weighted by Gasteiger charge is -2.38. The first kappa shape index (κ1) is 18.8. The van der Waals surface area contributed by atoms with Gasteiger partial charge in [0.25, 0.3) is 0 Å². The average Bonchev–Trinajstić information content (AvgIpc) is 2.75. The number of carboxylic acid groups (broad SMARTS) is 2. The maximum absolute atomic E-state index is 9.84. The second-order valence-electron chi connectivity index (χ2n) is 5.68. The summed E-state index contributed by atoms with van der Waals surface area (Å²) >= 11 is 0. The molecule has 136 valence electrons. The predicted octanol–water partition coefficient (Wildman–Crippen LogP) is 1.26. The van der Waals surface area contributed by atoms with E-state index in [1.54, 1.807) is 6.07 Å². The van der Waals surface area contributed by atoms with E-state index in [1.165, 1.54) is 0 Å². The van der Waals surface area contributed by atoms with Crippen molar-refractivity contribution in [3.8, 4) is 11.5 Å². The molecule has 0 unspecified atom stereocenters. The fourth-order valence-electron chi connectivity index (χ4n) is 2.85. The largest absolute Gasteiger partial charge is 0.504 e. The van der Waals surface area contributed by atoms with E-state index in [9.17, 15) is 14.7 Å². The van der Waals surface area contributed by atoms with E-state index in [2.05, 4.69) is 11.9 Å². The zero-order valence-corrected chi connectivity index (χ0v) is 13.8. The number of nitrogens with zero attached hydrogens (tertiary/aromatic N) is 1. The van der Waals surface area contributed by atoms with Crippen LogP contribution in [0.1, 0.15) is 18.1 Å². The van der Waals surface area contributed by atoms with Crippen molar-refractivity contribution >= 4 is 11.9 Å². The first-order chi connectivity index (χ1) is 11.9. The molecule has 2 aliphatic rings. The normalized spacial score (nSPS) is 22.6. The van der Waals surface area contributed by atoms with Crippen molar-refractivity contribution in [1.29, 1.82) is 0 Å². The van der Waals surface area contributed by atoms with E-state index in [0.717, 1.165) is 25.1 Å². The van der Waals surface area contributed by atoms with Crippen molar-refractivity contribution in [3.05, 3.63) is 35.9 Å². The highest BCUT2D eigenvalue weighted by Gasteiger charge is 2.35. The molecular weight excluding hydrogens is 330 g/mol. The molecule has 1 aromatic carbocycles. The molecule has 3 N–H and O–H groups in total. The number of morpholine rings is 1. The first-order valence-corrected chi connectivity index (χ1v) is 7.80. The number of likely N-dealkylation sites (N-methyl/N-ethyl adjacent to an activating group) is 1. The van der Waals surface area contributed by atoms with Gasteiger partial charge in [0.15, 0.2) is 11.5 Å². The Hall–Kier alpha value is -2.58. The van der Waals surface area contributed by atoms with Crippen LogP contribution in [0.5, 0.6) is 11.5 Å². The standard InChI is InChI=1S/C13H17NO3.C4H4O4/c1-14-6-8-17-12-9-3-2-4-11(15)13(9)16-7-5-10(12)14;5-3(6)1-2-4(7)8/h2-4,10,12,15H,5-8H2,1H3;1-2H,(H,5,6)(H,7,8)/b;2-1-/t10-,12-;/m1./s1. The zero-order chi connectivity index (χ0) is 18.4. The number of rotatable bonds is 2. The van der Waals surface area contributed by atoms with Gasteiger partial charge in [0.1, 0.15) is 6.10 Å². The van der Waals surface area contributed by atoms with Gasteiger partial charge in [0.05, 0.1) is 13.2 Å². The number of ether oxygens (including phenoxy) is 2. The van der Waals surface area contributed by atoms with Crippen LogP contribution in [-0.2, 0) is 14.3 Å². The molecule has 8 nitrogen and oxygen atoms in total. The summed E-state index contributed by atoms with van der Waals surface area (Å²) in [5, 5.41) is 25.5. The molecule has 1 aromatic rings. The third-order valence-corrected chi connectivity index (χ3v) is 4.02. The van der Waals surface area contributed by atoms with Crippen molar-refractivity contribution in [2.45, 2.75) is 18.6 Å². The van der Waals surface area contributed by atoms with Gasteiger partial charge in [-0.3, -0.25) is 4.90 Å². The molecule has 0 aliphatic carbocycles. The fraction of sp³-hybridized carbons (Fsp3) is 0.412. The average molecular weight is 351 g/mol. The van der Waals surface area contributed by atoms with Crippen LogP contribution < -0.4 is 4.74 Å². The van der Waals surface area contributed by atoms with Crippen molar-refractivity contribution < 1.29 is 34.4 Å². The lowest BCUT2D eigenvalue weighted by atomic mass is 9.97. The van der Waals surface area contributed by atoms with Gasteiger partial charge < -0.3 is 24.8 Å². The van der Waals surface area contributed by atoms with Crippen molar-refractivity contribution in [1.82, 2.24) is 4.90 Å². The number of hydrogen-bond acceptors (Lipinski definition) is 6. The van der Waals surface area contributed by atoms with Gasteiger partial charge in [-0.05, 0) is 19.5 Å². The molecule has 0 bridgehead atoms. The molecule has 2 heterocycles. The van der Waals surface area contributed by atoms with E-state index < -0.39 is 11.9 Å². The molecule has 3 rings (SSSR count). The maximum atomic E-state index is 9.84. The smallest absolute Gasteiger partial charge is 0.328 e. The van der Waals surface area contributed by atoms with Gasteiger partial charge in [-0.1, -0.05) is 12.1 Å². The summed E-state index contributed by atoms with van der Waals surface area (Å²) in [7, 11) is 2.12. The van der Waals surface area contributed by atoms with Crippen LogP contribution in [0.4, 0.5) is 0 Å². The number of phenols is 1. The minimum absolute atomic E-state index is 0.0124. The number of benzene rings is 1. The summed E-state index contributed by atoms with van der Waals surface area (Å²) in [6.07, 6.45) is 2.05. The summed E-state index contributed by atoms with van der Waals surface area (Å²) in [6.45, 7) is 2.31. The third-order valence-electron chi connectivity index (χ3n) is 4.02. The Bertz CT molecular complexity index is 642. The molecular formula is C17H21NO7. The first-order valence-electron chi connectivity index (χ1n) is 7.80.